The van der Waals surface area contributed by atoms with Crippen molar-refractivity contribution in [3.8, 4) is 0 Å². The highest BCUT2D eigenvalue weighted by Crippen LogP contribution is 2.39. The topological polar surface area (TPSA) is 140 Å². The monoisotopic (exact) mass is 672 g/mol. The summed E-state index contributed by atoms with van der Waals surface area (Å²) in [6.07, 6.45) is 7.58. The van der Waals surface area contributed by atoms with Gasteiger partial charge in [-0.05, 0) is 92.2 Å². The van der Waals surface area contributed by atoms with Gasteiger partial charge in [0.15, 0.2) is 0 Å². The molecule has 2 aliphatic rings. The van der Waals surface area contributed by atoms with E-state index in [4.69, 9.17) is 4.74 Å². The molecule has 11 nitrogen and oxygen atoms in total. The van der Waals surface area contributed by atoms with Crippen molar-refractivity contribution in [2.24, 2.45) is 10.8 Å². The fourth-order valence-corrected chi connectivity index (χ4v) is 6.18. The number of imidazole rings is 2. The van der Waals surface area contributed by atoms with Gasteiger partial charge in [-0.25, -0.2) is 14.8 Å². The van der Waals surface area contributed by atoms with Crippen molar-refractivity contribution in [3.63, 3.8) is 0 Å². The van der Waals surface area contributed by atoms with E-state index in [9.17, 15) is 19.5 Å². The Morgan fingerprint density at radius 3 is 1.65 bits per heavy atom. The Labute approximate surface area is 288 Å². The first-order valence-corrected chi connectivity index (χ1v) is 17.6. The molecule has 2 saturated carbocycles. The molecule has 2 aliphatic carbocycles. The Bertz CT molecular complexity index is 1820. The SMILES string of the molecule is CC(C)(C)CC(=O)Nc1nc2ccc(CO)cc2n1C1CCC1.CCOC(=O)c1ccc2nc(NC(=O)CC(C)(C)C)n(C3CCC3)c2c1. The summed E-state index contributed by atoms with van der Waals surface area (Å²) in [6, 6.07) is 11.8. The third kappa shape index (κ3) is 8.86. The molecule has 2 fully saturated rings. The molecular formula is C38H52N6O5. The number of carbonyl (C=O) groups excluding carboxylic acids is 3. The number of aliphatic hydroxyl groups is 1. The summed E-state index contributed by atoms with van der Waals surface area (Å²) >= 11 is 0. The second-order valence-corrected chi connectivity index (χ2v) is 15.8. The van der Waals surface area contributed by atoms with E-state index in [-0.39, 0.29) is 35.2 Å². The molecule has 264 valence electrons. The van der Waals surface area contributed by atoms with Gasteiger partial charge >= 0.3 is 5.97 Å². The third-order valence-electron chi connectivity index (χ3n) is 8.90. The number of benzene rings is 2. The molecule has 49 heavy (non-hydrogen) atoms. The molecule has 0 atom stereocenters. The van der Waals surface area contributed by atoms with Crippen LogP contribution in [0, 0.1) is 10.8 Å². The Balaban J connectivity index is 0.000000192. The van der Waals surface area contributed by atoms with Crippen LogP contribution in [0.2, 0.25) is 0 Å². The van der Waals surface area contributed by atoms with Crippen LogP contribution in [0.5, 0.6) is 0 Å². The van der Waals surface area contributed by atoms with Crippen molar-refractivity contribution in [1.29, 1.82) is 0 Å². The summed E-state index contributed by atoms with van der Waals surface area (Å²) in [7, 11) is 0. The Hall–Kier alpha value is -4.25. The van der Waals surface area contributed by atoms with E-state index in [1.54, 1.807) is 13.0 Å². The molecule has 4 aromatic rings. The maximum atomic E-state index is 12.4. The van der Waals surface area contributed by atoms with E-state index in [2.05, 4.69) is 50.5 Å². The highest BCUT2D eigenvalue weighted by Gasteiger charge is 2.28. The van der Waals surface area contributed by atoms with Crippen LogP contribution in [0.15, 0.2) is 36.4 Å². The molecule has 0 bridgehead atoms. The second-order valence-electron chi connectivity index (χ2n) is 15.8. The normalized spacial score (nSPS) is 15.3. The highest BCUT2D eigenvalue weighted by atomic mass is 16.5. The number of aromatic nitrogens is 4. The number of amides is 2. The fraction of sp³-hybridized carbons (Fsp3) is 0.553. The Morgan fingerprint density at radius 1 is 0.776 bits per heavy atom. The smallest absolute Gasteiger partial charge is 0.338 e. The van der Waals surface area contributed by atoms with Gasteiger partial charge in [0, 0.05) is 24.9 Å². The number of carbonyl (C=O) groups is 3. The molecule has 2 amide bonds. The standard InChI is InChI=1S/C20H27N3O3.C18H25N3O2/c1-5-26-18(25)13-9-10-15-16(11-13)23(14-7-6-8-14)19(21-15)22-17(24)12-20(2,3)4;1-18(2,3)10-16(23)20-17-19-14-8-7-12(11-22)9-15(14)21(17)13-5-4-6-13/h9-11,14H,5-8,12H2,1-4H3,(H,21,22,24);7-9,13,22H,4-6,10-11H2,1-3H3,(H,19,20,23). The predicted molar refractivity (Wildman–Crippen MR) is 193 cm³/mol. The molecule has 0 aliphatic heterocycles. The van der Waals surface area contributed by atoms with E-state index in [1.807, 2.05) is 51.1 Å². The molecule has 2 aromatic carbocycles. The van der Waals surface area contributed by atoms with E-state index < -0.39 is 0 Å². The van der Waals surface area contributed by atoms with Crippen molar-refractivity contribution >= 4 is 51.7 Å². The molecule has 0 radical (unpaired) electrons. The van der Waals surface area contributed by atoms with Gasteiger partial charge in [-0.3, -0.25) is 20.2 Å². The molecule has 6 rings (SSSR count). The lowest BCUT2D eigenvalue weighted by Crippen LogP contribution is -2.24. The lowest BCUT2D eigenvalue weighted by atomic mass is 9.92. The zero-order valence-electron chi connectivity index (χ0n) is 30.1. The lowest BCUT2D eigenvalue weighted by molar-refractivity contribution is -0.118. The number of aliphatic hydroxyl groups excluding tert-OH is 1. The number of fused-ring (bicyclic) bond motifs is 2. The number of hydrogen-bond acceptors (Lipinski definition) is 7. The minimum absolute atomic E-state index is 0.00392. The van der Waals surface area contributed by atoms with Crippen molar-refractivity contribution in [2.45, 2.75) is 119 Å². The van der Waals surface area contributed by atoms with Crippen molar-refractivity contribution in [1.82, 2.24) is 19.1 Å². The Kier molecular flexibility index (Phi) is 10.8. The maximum Gasteiger partial charge on any atom is 0.338 e. The van der Waals surface area contributed by atoms with Gasteiger partial charge in [0.05, 0.1) is 40.8 Å². The Morgan fingerprint density at radius 2 is 1.24 bits per heavy atom. The molecule has 0 unspecified atom stereocenters. The fourth-order valence-electron chi connectivity index (χ4n) is 6.18. The van der Waals surface area contributed by atoms with E-state index in [0.717, 1.165) is 59.7 Å². The number of esters is 1. The molecule has 0 saturated heterocycles. The lowest BCUT2D eigenvalue weighted by Gasteiger charge is -2.29. The number of nitrogens with zero attached hydrogens (tertiary/aromatic N) is 4. The number of anilines is 2. The van der Waals surface area contributed by atoms with Crippen LogP contribution in [0.4, 0.5) is 11.9 Å². The highest BCUT2D eigenvalue weighted by molar-refractivity contribution is 5.96. The van der Waals surface area contributed by atoms with Crippen LogP contribution < -0.4 is 10.6 Å². The van der Waals surface area contributed by atoms with E-state index >= 15 is 0 Å². The number of hydrogen-bond donors (Lipinski definition) is 3. The molecule has 3 N–H and O–H groups in total. The van der Waals surface area contributed by atoms with Gasteiger partial charge in [-0.1, -0.05) is 47.6 Å². The minimum Gasteiger partial charge on any atom is -0.462 e. The first-order valence-electron chi connectivity index (χ1n) is 17.6. The molecule has 2 heterocycles. The predicted octanol–water partition coefficient (Wildman–Crippen LogP) is 7.94. The van der Waals surface area contributed by atoms with Gasteiger partial charge in [-0.15, -0.1) is 0 Å². The minimum atomic E-state index is -0.339. The van der Waals surface area contributed by atoms with Crippen molar-refractivity contribution < 1.29 is 24.2 Å². The summed E-state index contributed by atoms with van der Waals surface area (Å²) in [5.74, 6) is 0.817. The van der Waals surface area contributed by atoms with Gasteiger partial charge < -0.3 is 19.0 Å². The summed E-state index contributed by atoms with van der Waals surface area (Å²) in [5.41, 5.74) is 4.73. The molecule has 2 aromatic heterocycles. The largest absolute Gasteiger partial charge is 0.462 e. The molecular weight excluding hydrogens is 620 g/mol. The van der Waals surface area contributed by atoms with Gasteiger partial charge in [0.25, 0.3) is 0 Å². The number of nitrogens with one attached hydrogen (secondary N) is 2. The average Bonchev–Trinajstić information content (AvgIpc) is 3.46. The first kappa shape index (κ1) is 36.0. The summed E-state index contributed by atoms with van der Waals surface area (Å²) in [4.78, 5) is 46.0. The van der Waals surface area contributed by atoms with Crippen LogP contribution in [0.1, 0.15) is 128 Å². The van der Waals surface area contributed by atoms with Gasteiger partial charge in [0.2, 0.25) is 23.7 Å². The van der Waals surface area contributed by atoms with Crippen molar-refractivity contribution in [2.75, 3.05) is 17.2 Å². The molecule has 11 heteroatoms. The van der Waals surface area contributed by atoms with Crippen LogP contribution in [-0.2, 0) is 20.9 Å². The first-order chi connectivity index (χ1) is 23.2. The second kappa shape index (κ2) is 14.7. The number of rotatable bonds is 9. The maximum absolute atomic E-state index is 12.4. The van der Waals surface area contributed by atoms with Crippen LogP contribution in [0.3, 0.4) is 0 Å². The third-order valence-corrected chi connectivity index (χ3v) is 8.90. The van der Waals surface area contributed by atoms with Crippen LogP contribution in [0.25, 0.3) is 22.1 Å². The van der Waals surface area contributed by atoms with Crippen LogP contribution in [-0.4, -0.2) is 48.6 Å². The van der Waals surface area contributed by atoms with E-state index in [1.165, 1.54) is 6.42 Å². The quantitative estimate of drug-likeness (QED) is 0.153. The van der Waals surface area contributed by atoms with Crippen LogP contribution >= 0.6 is 0 Å². The summed E-state index contributed by atoms with van der Waals surface area (Å²) in [5, 5.41) is 15.3. The average molecular weight is 673 g/mol. The zero-order valence-corrected chi connectivity index (χ0v) is 30.1. The zero-order chi connectivity index (χ0) is 35.5. The molecule has 0 spiro atoms. The summed E-state index contributed by atoms with van der Waals surface area (Å²) < 4.78 is 9.31. The van der Waals surface area contributed by atoms with Gasteiger partial charge in [-0.2, -0.15) is 0 Å². The van der Waals surface area contributed by atoms with E-state index in [0.29, 0.717) is 49.0 Å². The number of ether oxygens (including phenoxy) is 1. The summed E-state index contributed by atoms with van der Waals surface area (Å²) in [6.45, 7) is 14.4. The van der Waals surface area contributed by atoms with Gasteiger partial charge in [0.1, 0.15) is 0 Å². The van der Waals surface area contributed by atoms with Crippen molar-refractivity contribution in [3.05, 3.63) is 47.5 Å².